The van der Waals surface area contributed by atoms with E-state index in [1.165, 1.54) is 22.3 Å². The molecule has 1 heterocycles. The van der Waals surface area contributed by atoms with Crippen LogP contribution in [0.25, 0.3) is 0 Å². The van der Waals surface area contributed by atoms with Crippen LogP contribution in [0.15, 0.2) is 34.9 Å². The van der Waals surface area contributed by atoms with Gasteiger partial charge in [0.25, 0.3) is 0 Å². The predicted molar refractivity (Wildman–Crippen MR) is 62.2 cm³/mol. The summed E-state index contributed by atoms with van der Waals surface area (Å²) in [7, 11) is 0. The molecule has 0 N–H and O–H groups in total. The van der Waals surface area contributed by atoms with Crippen molar-refractivity contribution in [3.8, 4) is 0 Å². The van der Waals surface area contributed by atoms with Gasteiger partial charge in [-0.05, 0) is 49.1 Å². The van der Waals surface area contributed by atoms with Gasteiger partial charge < -0.3 is 4.42 Å². The Kier molecular flexibility index (Phi) is 2.63. The molecule has 0 aliphatic rings. The topological polar surface area (TPSA) is 13.1 Å². The molecule has 0 fully saturated rings. The van der Waals surface area contributed by atoms with Crippen molar-refractivity contribution in [1.82, 2.24) is 0 Å². The Labute approximate surface area is 90.7 Å². The summed E-state index contributed by atoms with van der Waals surface area (Å²) in [4.78, 5) is 0. The van der Waals surface area contributed by atoms with Crippen LogP contribution in [0.5, 0.6) is 0 Å². The second-order valence-electron chi connectivity index (χ2n) is 4.10. The minimum Gasteiger partial charge on any atom is -0.469 e. The zero-order valence-corrected chi connectivity index (χ0v) is 9.50. The van der Waals surface area contributed by atoms with E-state index in [2.05, 4.69) is 32.0 Å². The lowest BCUT2D eigenvalue weighted by Crippen LogP contribution is -1.90. The molecule has 15 heavy (non-hydrogen) atoms. The molecule has 2 aromatic rings. The Bertz CT molecular complexity index is 466. The van der Waals surface area contributed by atoms with Gasteiger partial charge in [-0.3, -0.25) is 0 Å². The molecule has 0 bridgehead atoms. The predicted octanol–water partition coefficient (Wildman–Crippen LogP) is 3.80. The summed E-state index contributed by atoms with van der Waals surface area (Å²) in [6, 6.07) is 8.67. The Morgan fingerprint density at radius 3 is 2.40 bits per heavy atom. The Hall–Kier alpha value is -1.50. The molecule has 1 aromatic heterocycles. The average molecular weight is 200 g/mol. The SMILES string of the molecule is Cc1ccc(Cc2ccoc2C)cc1C. The Balaban J connectivity index is 2.25. The van der Waals surface area contributed by atoms with Crippen molar-refractivity contribution < 1.29 is 4.42 Å². The van der Waals surface area contributed by atoms with Gasteiger partial charge >= 0.3 is 0 Å². The standard InChI is InChI=1S/C14H16O/c1-10-4-5-13(8-11(10)2)9-14-6-7-15-12(14)3/h4-8H,9H2,1-3H3. The van der Waals surface area contributed by atoms with E-state index in [0.717, 1.165) is 12.2 Å². The first-order chi connectivity index (χ1) is 7.16. The van der Waals surface area contributed by atoms with Crippen molar-refractivity contribution >= 4 is 0 Å². The molecular formula is C14H16O. The summed E-state index contributed by atoms with van der Waals surface area (Å²) < 4.78 is 5.29. The van der Waals surface area contributed by atoms with E-state index in [0.29, 0.717) is 0 Å². The van der Waals surface area contributed by atoms with E-state index < -0.39 is 0 Å². The monoisotopic (exact) mass is 200 g/mol. The van der Waals surface area contributed by atoms with Crippen LogP contribution in [0, 0.1) is 20.8 Å². The summed E-state index contributed by atoms with van der Waals surface area (Å²) in [6.07, 6.45) is 2.72. The van der Waals surface area contributed by atoms with Crippen molar-refractivity contribution in [1.29, 1.82) is 0 Å². The lowest BCUT2D eigenvalue weighted by Gasteiger charge is -2.04. The van der Waals surface area contributed by atoms with Gasteiger partial charge in [-0.25, -0.2) is 0 Å². The molecule has 78 valence electrons. The first-order valence-electron chi connectivity index (χ1n) is 5.26. The van der Waals surface area contributed by atoms with E-state index in [-0.39, 0.29) is 0 Å². The Morgan fingerprint density at radius 2 is 1.80 bits per heavy atom. The number of furan rings is 1. The first kappa shape index (κ1) is 10.0. The maximum atomic E-state index is 5.29. The van der Waals surface area contributed by atoms with Crippen molar-refractivity contribution in [3.63, 3.8) is 0 Å². The van der Waals surface area contributed by atoms with Gasteiger partial charge in [-0.15, -0.1) is 0 Å². The summed E-state index contributed by atoms with van der Waals surface area (Å²) in [5.74, 6) is 1.02. The van der Waals surface area contributed by atoms with Crippen LogP contribution in [0.1, 0.15) is 28.0 Å². The van der Waals surface area contributed by atoms with Crippen LogP contribution in [0.3, 0.4) is 0 Å². The van der Waals surface area contributed by atoms with Gasteiger partial charge in [-0.1, -0.05) is 18.2 Å². The zero-order valence-electron chi connectivity index (χ0n) is 9.50. The van der Waals surface area contributed by atoms with Crippen LogP contribution < -0.4 is 0 Å². The lowest BCUT2D eigenvalue weighted by molar-refractivity contribution is 0.530. The van der Waals surface area contributed by atoms with Crippen molar-refractivity contribution in [3.05, 3.63) is 58.5 Å². The highest BCUT2D eigenvalue weighted by molar-refractivity contribution is 5.33. The van der Waals surface area contributed by atoms with Gasteiger partial charge in [0, 0.05) is 6.42 Å². The normalized spacial score (nSPS) is 10.6. The molecule has 0 saturated carbocycles. The summed E-state index contributed by atoms with van der Waals surface area (Å²) in [5.41, 5.74) is 5.33. The van der Waals surface area contributed by atoms with E-state index >= 15 is 0 Å². The maximum absolute atomic E-state index is 5.29. The number of aryl methyl sites for hydroxylation is 3. The van der Waals surface area contributed by atoms with Gasteiger partial charge in [-0.2, -0.15) is 0 Å². The van der Waals surface area contributed by atoms with Gasteiger partial charge in [0.05, 0.1) is 6.26 Å². The maximum Gasteiger partial charge on any atom is 0.104 e. The molecule has 0 radical (unpaired) electrons. The molecule has 0 unspecified atom stereocenters. The van der Waals surface area contributed by atoms with Crippen molar-refractivity contribution in [2.24, 2.45) is 0 Å². The molecule has 0 saturated heterocycles. The molecule has 0 amide bonds. The average Bonchev–Trinajstić information content (AvgIpc) is 2.59. The van der Waals surface area contributed by atoms with E-state index in [1.807, 2.05) is 13.0 Å². The van der Waals surface area contributed by atoms with Crippen LogP contribution in [-0.2, 0) is 6.42 Å². The molecule has 0 atom stereocenters. The van der Waals surface area contributed by atoms with Gasteiger partial charge in [0.15, 0.2) is 0 Å². The van der Waals surface area contributed by atoms with Crippen molar-refractivity contribution in [2.45, 2.75) is 27.2 Å². The quantitative estimate of drug-likeness (QED) is 0.718. The third kappa shape index (κ3) is 2.12. The second kappa shape index (κ2) is 3.93. The number of hydrogen-bond acceptors (Lipinski definition) is 1. The highest BCUT2D eigenvalue weighted by atomic mass is 16.3. The van der Waals surface area contributed by atoms with Gasteiger partial charge in [0.2, 0.25) is 0 Å². The Morgan fingerprint density at radius 1 is 1.00 bits per heavy atom. The molecule has 1 aromatic carbocycles. The van der Waals surface area contributed by atoms with E-state index in [4.69, 9.17) is 4.42 Å². The highest BCUT2D eigenvalue weighted by Crippen LogP contribution is 2.17. The largest absolute Gasteiger partial charge is 0.469 e. The van der Waals surface area contributed by atoms with E-state index in [9.17, 15) is 0 Å². The summed E-state index contributed by atoms with van der Waals surface area (Å²) >= 11 is 0. The fraction of sp³-hybridized carbons (Fsp3) is 0.286. The zero-order chi connectivity index (χ0) is 10.8. The molecule has 0 aliphatic heterocycles. The smallest absolute Gasteiger partial charge is 0.104 e. The molecular weight excluding hydrogens is 184 g/mol. The van der Waals surface area contributed by atoms with Crippen LogP contribution in [0.4, 0.5) is 0 Å². The second-order valence-corrected chi connectivity index (χ2v) is 4.10. The number of benzene rings is 1. The highest BCUT2D eigenvalue weighted by Gasteiger charge is 2.03. The molecule has 0 spiro atoms. The van der Waals surface area contributed by atoms with Crippen LogP contribution in [-0.4, -0.2) is 0 Å². The van der Waals surface area contributed by atoms with Crippen molar-refractivity contribution in [2.75, 3.05) is 0 Å². The summed E-state index contributed by atoms with van der Waals surface area (Å²) in [6.45, 7) is 6.31. The fourth-order valence-electron chi connectivity index (χ4n) is 1.73. The molecule has 1 heteroatoms. The lowest BCUT2D eigenvalue weighted by atomic mass is 10.0. The third-order valence-electron chi connectivity index (χ3n) is 2.93. The number of hydrogen-bond donors (Lipinski definition) is 0. The molecule has 1 nitrogen and oxygen atoms in total. The summed E-state index contributed by atoms with van der Waals surface area (Å²) in [5, 5.41) is 0. The van der Waals surface area contributed by atoms with Crippen LogP contribution in [0.2, 0.25) is 0 Å². The van der Waals surface area contributed by atoms with Gasteiger partial charge in [0.1, 0.15) is 5.76 Å². The van der Waals surface area contributed by atoms with Crippen LogP contribution >= 0.6 is 0 Å². The minimum absolute atomic E-state index is 0.962. The third-order valence-corrected chi connectivity index (χ3v) is 2.93. The number of rotatable bonds is 2. The minimum atomic E-state index is 0.962. The first-order valence-corrected chi connectivity index (χ1v) is 5.26. The molecule has 0 aliphatic carbocycles. The molecule has 2 rings (SSSR count). The fourth-order valence-corrected chi connectivity index (χ4v) is 1.73. The van der Waals surface area contributed by atoms with E-state index in [1.54, 1.807) is 6.26 Å².